The van der Waals surface area contributed by atoms with Crippen molar-refractivity contribution >= 4 is 15.9 Å². The van der Waals surface area contributed by atoms with Gasteiger partial charge in [0.15, 0.2) is 0 Å². The van der Waals surface area contributed by atoms with Crippen LogP contribution in [-0.4, -0.2) is 11.2 Å². The minimum absolute atomic E-state index is 0.199. The molecule has 0 spiro atoms. The number of hydrogen-bond donors (Lipinski definition) is 1. The van der Waals surface area contributed by atoms with Crippen LogP contribution in [0.3, 0.4) is 0 Å². The molecule has 1 aromatic heterocycles. The van der Waals surface area contributed by atoms with Crippen LogP contribution in [0.15, 0.2) is 22.8 Å². The first-order chi connectivity index (χ1) is 5.93. The Labute approximate surface area is 81.1 Å². The molecular formula is C7H6BrF3N2. The van der Waals surface area contributed by atoms with E-state index in [2.05, 4.69) is 20.9 Å². The Balaban J connectivity index is 3.02. The lowest BCUT2D eigenvalue weighted by atomic mass is 10.2. The number of aromatic nitrogens is 1. The summed E-state index contributed by atoms with van der Waals surface area (Å²) in [6.07, 6.45) is -3.19. The summed E-state index contributed by atoms with van der Waals surface area (Å²) in [7, 11) is 0. The Bertz CT molecular complexity index is 300. The molecule has 2 nitrogen and oxygen atoms in total. The molecule has 1 atom stereocenters. The van der Waals surface area contributed by atoms with Gasteiger partial charge in [0.2, 0.25) is 0 Å². The van der Waals surface area contributed by atoms with Crippen LogP contribution in [0, 0.1) is 0 Å². The molecule has 2 N–H and O–H groups in total. The fourth-order valence-corrected chi connectivity index (χ4v) is 1.28. The Morgan fingerprint density at radius 2 is 2.08 bits per heavy atom. The molecule has 1 rings (SSSR count). The van der Waals surface area contributed by atoms with Gasteiger partial charge in [0, 0.05) is 10.7 Å². The molecule has 0 bridgehead atoms. The second-order valence-corrected chi connectivity index (χ2v) is 3.24. The largest absolute Gasteiger partial charge is 0.409 e. The van der Waals surface area contributed by atoms with Crippen molar-refractivity contribution in [1.29, 1.82) is 0 Å². The fourth-order valence-electron chi connectivity index (χ4n) is 0.782. The molecule has 1 aromatic rings. The van der Waals surface area contributed by atoms with E-state index in [1.165, 1.54) is 18.3 Å². The number of alkyl halides is 3. The second kappa shape index (κ2) is 3.63. The van der Waals surface area contributed by atoms with Gasteiger partial charge >= 0.3 is 6.18 Å². The van der Waals surface area contributed by atoms with E-state index in [9.17, 15) is 13.2 Å². The number of hydrogen-bond acceptors (Lipinski definition) is 2. The third-order valence-corrected chi connectivity index (χ3v) is 2.10. The highest BCUT2D eigenvalue weighted by Crippen LogP contribution is 2.32. The van der Waals surface area contributed by atoms with Gasteiger partial charge in [-0.25, -0.2) is 0 Å². The molecule has 0 aliphatic rings. The van der Waals surface area contributed by atoms with E-state index >= 15 is 0 Å². The maximum absolute atomic E-state index is 12.1. The quantitative estimate of drug-likeness (QED) is 0.836. The monoisotopic (exact) mass is 254 g/mol. The van der Waals surface area contributed by atoms with Gasteiger partial charge in [-0.15, -0.1) is 0 Å². The molecule has 13 heavy (non-hydrogen) atoms. The Hall–Kier alpha value is -0.620. The van der Waals surface area contributed by atoms with Crippen LogP contribution in [0.1, 0.15) is 11.7 Å². The van der Waals surface area contributed by atoms with Gasteiger partial charge in [0.25, 0.3) is 0 Å². The van der Waals surface area contributed by atoms with E-state index in [1.807, 2.05) is 0 Å². The minimum atomic E-state index is -4.46. The van der Waals surface area contributed by atoms with E-state index in [4.69, 9.17) is 5.73 Å². The molecule has 0 saturated carbocycles. The third-order valence-electron chi connectivity index (χ3n) is 1.43. The molecule has 0 radical (unpaired) electrons. The van der Waals surface area contributed by atoms with E-state index in [0.29, 0.717) is 0 Å². The van der Waals surface area contributed by atoms with E-state index in [0.717, 1.165) is 0 Å². The highest BCUT2D eigenvalue weighted by atomic mass is 79.9. The third kappa shape index (κ3) is 2.41. The van der Waals surface area contributed by atoms with Crippen LogP contribution in [0.25, 0.3) is 0 Å². The predicted molar refractivity (Wildman–Crippen MR) is 44.9 cm³/mol. The first kappa shape index (κ1) is 10.5. The Morgan fingerprint density at radius 3 is 2.54 bits per heavy atom. The molecule has 0 saturated heterocycles. The zero-order chi connectivity index (χ0) is 10.1. The standard InChI is InChI=1S/C7H6BrF3N2/c8-4-2-1-3-13-5(4)6(12)7(9,10)11/h1-3,6H,12H2/t6-/m1/s1. The van der Waals surface area contributed by atoms with E-state index < -0.39 is 12.2 Å². The molecule has 72 valence electrons. The highest BCUT2D eigenvalue weighted by molar-refractivity contribution is 9.10. The molecule has 0 fully saturated rings. The molecule has 0 unspecified atom stereocenters. The van der Waals surface area contributed by atoms with Crippen molar-refractivity contribution in [2.75, 3.05) is 0 Å². The first-order valence-corrected chi connectivity index (χ1v) is 4.15. The molecular weight excluding hydrogens is 249 g/mol. The zero-order valence-corrected chi connectivity index (χ0v) is 7.93. The van der Waals surface area contributed by atoms with Gasteiger partial charge in [0.05, 0.1) is 5.69 Å². The summed E-state index contributed by atoms with van der Waals surface area (Å²) in [6.45, 7) is 0. The van der Waals surface area contributed by atoms with Gasteiger partial charge in [-0.1, -0.05) is 0 Å². The van der Waals surface area contributed by atoms with Crippen molar-refractivity contribution in [3.8, 4) is 0 Å². The van der Waals surface area contributed by atoms with Crippen molar-refractivity contribution in [3.63, 3.8) is 0 Å². The summed E-state index contributed by atoms with van der Waals surface area (Å²) in [6, 6.07) is 0.952. The lowest BCUT2D eigenvalue weighted by Gasteiger charge is -2.15. The summed E-state index contributed by atoms with van der Waals surface area (Å²) in [5, 5.41) is 0. The van der Waals surface area contributed by atoms with Crippen molar-refractivity contribution in [1.82, 2.24) is 4.98 Å². The predicted octanol–water partition coefficient (Wildman–Crippen LogP) is 2.41. The van der Waals surface area contributed by atoms with Gasteiger partial charge in [-0.05, 0) is 28.1 Å². The van der Waals surface area contributed by atoms with Crippen molar-refractivity contribution in [3.05, 3.63) is 28.5 Å². The van der Waals surface area contributed by atoms with Gasteiger partial charge in [-0.2, -0.15) is 13.2 Å². The van der Waals surface area contributed by atoms with Crippen molar-refractivity contribution < 1.29 is 13.2 Å². The maximum Gasteiger partial charge on any atom is 0.409 e. The summed E-state index contributed by atoms with van der Waals surface area (Å²) in [4.78, 5) is 3.55. The van der Waals surface area contributed by atoms with Crippen LogP contribution in [0.5, 0.6) is 0 Å². The number of nitrogens with two attached hydrogens (primary N) is 1. The average molecular weight is 255 g/mol. The average Bonchev–Trinajstić information content (AvgIpc) is 2.02. The number of pyridine rings is 1. The smallest absolute Gasteiger partial charge is 0.315 e. The SMILES string of the molecule is N[C@H](c1ncccc1Br)C(F)(F)F. The highest BCUT2D eigenvalue weighted by Gasteiger charge is 2.39. The van der Waals surface area contributed by atoms with E-state index in [1.54, 1.807) is 0 Å². The van der Waals surface area contributed by atoms with Crippen LogP contribution in [0.4, 0.5) is 13.2 Å². The van der Waals surface area contributed by atoms with Crippen LogP contribution in [-0.2, 0) is 0 Å². The molecule has 0 amide bonds. The molecule has 0 aliphatic carbocycles. The topological polar surface area (TPSA) is 38.9 Å². The fraction of sp³-hybridized carbons (Fsp3) is 0.286. The number of nitrogens with zero attached hydrogens (tertiary/aromatic N) is 1. The van der Waals surface area contributed by atoms with Crippen LogP contribution < -0.4 is 5.73 Å². The van der Waals surface area contributed by atoms with Crippen LogP contribution >= 0.6 is 15.9 Å². The molecule has 0 aromatic carbocycles. The van der Waals surface area contributed by atoms with Crippen LogP contribution in [0.2, 0.25) is 0 Å². The Kier molecular flexibility index (Phi) is 2.92. The lowest BCUT2D eigenvalue weighted by Crippen LogP contribution is -2.29. The second-order valence-electron chi connectivity index (χ2n) is 2.39. The molecule has 6 heteroatoms. The van der Waals surface area contributed by atoms with Gasteiger partial charge in [-0.3, -0.25) is 4.98 Å². The van der Waals surface area contributed by atoms with Gasteiger partial charge in [0.1, 0.15) is 6.04 Å². The summed E-state index contributed by atoms with van der Waals surface area (Å²) < 4.78 is 36.7. The normalized spacial score (nSPS) is 14.2. The number of halogens is 4. The van der Waals surface area contributed by atoms with E-state index in [-0.39, 0.29) is 10.2 Å². The zero-order valence-electron chi connectivity index (χ0n) is 6.35. The summed E-state index contributed by atoms with van der Waals surface area (Å²) >= 11 is 2.95. The maximum atomic E-state index is 12.1. The summed E-state index contributed by atoms with van der Waals surface area (Å²) in [5.41, 5.74) is 4.76. The minimum Gasteiger partial charge on any atom is -0.315 e. The lowest BCUT2D eigenvalue weighted by molar-refractivity contribution is -0.150. The van der Waals surface area contributed by atoms with Gasteiger partial charge < -0.3 is 5.73 Å². The van der Waals surface area contributed by atoms with Crippen molar-refractivity contribution in [2.45, 2.75) is 12.2 Å². The summed E-state index contributed by atoms with van der Waals surface area (Å²) in [5.74, 6) is 0. The molecule has 0 aliphatic heterocycles. The van der Waals surface area contributed by atoms with Crippen molar-refractivity contribution in [2.24, 2.45) is 5.73 Å². The first-order valence-electron chi connectivity index (χ1n) is 3.35. The number of rotatable bonds is 1. The molecule has 1 heterocycles. The Morgan fingerprint density at radius 1 is 1.46 bits per heavy atom.